The quantitative estimate of drug-likeness (QED) is 0.760. The third-order valence-corrected chi connectivity index (χ3v) is 4.76. The van der Waals surface area contributed by atoms with Gasteiger partial charge in [-0.3, -0.25) is 0 Å². The Morgan fingerprint density at radius 2 is 1.71 bits per heavy atom. The number of rotatable bonds is 2. The van der Waals surface area contributed by atoms with E-state index in [4.69, 9.17) is 5.26 Å². The maximum atomic E-state index is 8.89. The Bertz CT molecular complexity index is 770. The summed E-state index contributed by atoms with van der Waals surface area (Å²) in [6, 6.07) is 19.5. The third-order valence-electron chi connectivity index (χ3n) is 3.61. The molecule has 4 heteroatoms. The predicted octanol–water partition coefficient (Wildman–Crippen LogP) is 5.00. The molecule has 0 aliphatic carbocycles. The first-order chi connectivity index (χ1) is 10.1. The van der Waals surface area contributed by atoms with E-state index >= 15 is 0 Å². The molecule has 0 spiro atoms. The Morgan fingerprint density at radius 1 is 1.05 bits per heavy atom. The van der Waals surface area contributed by atoms with E-state index in [2.05, 4.69) is 32.2 Å². The summed E-state index contributed by atoms with van der Waals surface area (Å²) >= 11 is 3.66. The van der Waals surface area contributed by atoms with Gasteiger partial charge in [0.25, 0.3) is 0 Å². The molecule has 102 valence electrons. The number of nitrogens with zero attached hydrogens (tertiary/aromatic N) is 3. The molecule has 1 atom stereocenters. The zero-order valence-corrected chi connectivity index (χ0v) is 13.0. The topological polar surface area (TPSA) is 48.5 Å². The van der Waals surface area contributed by atoms with Gasteiger partial charge in [0.2, 0.25) is 0 Å². The van der Waals surface area contributed by atoms with Crippen LogP contribution in [0.25, 0.3) is 5.70 Å². The summed E-state index contributed by atoms with van der Waals surface area (Å²) in [7, 11) is 0. The summed E-state index contributed by atoms with van der Waals surface area (Å²) in [5, 5.41) is 17.7. The highest BCUT2D eigenvalue weighted by molar-refractivity contribution is 9.12. The van der Waals surface area contributed by atoms with Crippen LogP contribution in [0.15, 0.2) is 69.3 Å². The van der Waals surface area contributed by atoms with Crippen molar-refractivity contribution in [2.75, 3.05) is 0 Å². The minimum absolute atomic E-state index is 0.542. The lowest BCUT2D eigenvalue weighted by Gasteiger charge is -2.20. The van der Waals surface area contributed by atoms with Crippen molar-refractivity contribution in [3.05, 3.63) is 75.8 Å². The lowest BCUT2D eigenvalue weighted by atomic mass is 9.91. The van der Waals surface area contributed by atoms with Crippen LogP contribution in [0.5, 0.6) is 0 Å². The number of nitriles is 1. The largest absolute Gasteiger partial charge is 0.192 e. The van der Waals surface area contributed by atoms with Crippen LogP contribution in [0.4, 0.5) is 0 Å². The number of hydrogen-bond donors (Lipinski definition) is 0. The SMILES string of the molecule is CC1(c2ccc(C#N)cc2)N=NC(c2ccccc2)=C1Br. The van der Waals surface area contributed by atoms with Gasteiger partial charge in [-0.2, -0.15) is 15.5 Å². The van der Waals surface area contributed by atoms with Crippen LogP contribution in [-0.2, 0) is 5.54 Å². The molecule has 2 aromatic carbocycles. The number of halogens is 1. The Kier molecular flexibility index (Phi) is 3.44. The molecule has 3 rings (SSSR count). The van der Waals surface area contributed by atoms with Crippen molar-refractivity contribution >= 4 is 21.6 Å². The van der Waals surface area contributed by atoms with Crippen molar-refractivity contribution in [2.24, 2.45) is 10.2 Å². The highest BCUT2D eigenvalue weighted by Crippen LogP contribution is 2.46. The first-order valence-electron chi connectivity index (χ1n) is 6.54. The second-order valence-corrected chi connectivity index (χ2v) is 5.78. The maximum absolute atomic E-state index is 8.89. The van der Waals surface area contributed by atoms with Crippen molar-refractivity contribution in [1.29, 1.82) is 5.26 Å². The Balaban J connectivity index is 2.05. The van der Waals surface area contributed by atoms with Gasteiger partial charge in [-0.05, 0) is 24.6 Å². The fourth-order valence-corrected chi connectivity index (χ4v) is 2.92. The lowest BCUT2D eigenvalue weighted by Crippen LogP contribution is -2.16. The van der Waals surface area contributed by atoms with Crippen molar-refractivity contribution in [3.63, 3.8) is 0 Å². The standard InChI is InChI=1S/C17H12BrN3/c1-17(14-9-7-12(11-19)8-10-14)16(18)15(20-21-17)13-5-3-2-4-6-13/h2-10H,1H3. The monoisotopic (exact) mass is 337 g/mol. The molecular weight excluding hydrogens is 326 g/mol. The van der Waals surface area contributed by atoms with Gasteiger partial charge in [0.05, 0.1) is 16.1 Å². The summed E-state index contributed by atoms with van der Waals surface area (Å²) in [5.74, 6) is 0. The summed E-state index contributed by atoms with van der Waals surface area (Å²) in [6.07, 6.45) is 0. The zero-order valence-electron chi connectivity index (χ0n) is 11.4. The smallest absolute Gasteiger partial charge is 0.138 e. The summed E-state index contributed by atoms with van der Waals surface area (Å²) < 4.78 is 0.936. The van der Waals surface area contributed by atoms with Gasteiger partial charge in [0.15, 0.2) is 0 Å². The minimum Gasteiger partial charge on any atom is -0.192 e. The van der Waals surface area contributed by atoms with E-state index in [1.54, 1.807) is 12.1 Å². The molecule has 3 nitrogen and oxygen atoms in total. The number of hydrogen-bond acceptors (Lipinski definition) is 3. The molecule has 0 radical (unpaired) electrons. The van der Waals surface area contributed by atoms with Crippen LogP contribution in [-0.4, -0.2) is 0 Å². The third kappa shape index (κ3) is 2.30. The molecule has 0 saturated heterocycles. The molecule has 2 aromatic rings. The molecule has 0 saturated carbocycles. The molecule has 1 unspecified atom stereocenters. The normalized spacial score (nSPS) is 20.6. The second-order valence-electron chi connectivity index (χ2n) is 4.99. The second kappa shape index (κ2) is 5.27. The van der Waals surface area contributed by atoms with Gasteiger partial charge < -0.3 is 0 Å². The van der Waals surface area contributed by atoms with Crippen LogP contribution in [0, 0.1) is 11.3 Å². The van der Waals surface area contributed by atoms with Gasteiger partial charge in [0, 0.05) is 5.56 Å². The van der Waals surface area contributed by atoms with Crippen LogP contribution in [0.1, 0.15) is 23.6 Å². The zero-order chi connectivity index (χ0) is 14.9. The van der Waals surface area contributed by atoms with Crippen molar-refractivity contribution in [2.45, 2.75) is 12.5 Å². The van der Waals surface area contributed by atoms with Crippen molar-refractivity contribution in [1.82, 2.24) is 0 Å². The van der Waals surface area contributed by atoms with E-state index in [-0.39, 0.29) is 0 Å². The molecular formula is C17H12BrN3. The minimum atomic E-state index is -0.542. The van der Waals surface area contributed by atoms with E-state index < -0.39 is 5.54 Å². The highest BCUT2D eigenvalue weighted by Gasteiger charge is 2.37. The molecule has 1 heterocycles. The molecule has 0 fully saturated rings. The molecule has 21 heavy (non-hydrogen) atoms. The van der Waals surface area contributed by atoms with Crippen LogP contribution in [0.2, 0.25) is 0 Å². The fourth-order valence-electron chi connectivity index (χ4n) is 2.30. The van der Waals surface area contributed by atoms with Crippen molar-refractivity contribution < 1.29 is 0 Å². The van der Waals surface area contributed by atoms with E-state index in [1.165, 1.54) is 0 Å². The maximum Gasteiger partial charge on any atom is 0.138 e. The average Bonchev–Trinajstić information content (AvgIpc) is 2.85. The molecule has 0 aromatic heterocycles. The summed E-state index contributed by atoms with van der Waals surface area (Å²) in [4.78, 5) is 0. The predicted molar refractivity (Wildman–Crippen MR) is 85.7 cm³/mol. The average molecular weight is 338 g/mol. The number of azo groups is 1. The van der Waals surface area contributed by atoms with E-state index in [1.807, 2.05) is 49.4 Å². The fraction of sp³-hybridized carbons (Fsp3) is 0.118. The Labute approximate surface area is 131 Å². The van der Waals surface area contributed by atoms with Gasteiger partial charge >= 0.3 is 0 Å². The highest BCUT2D eigenvalue weighted by atomic mass is 79.9. The van der Waals surface area contributed by atoms with Crippen molar-refractivity contribution in [3.8, 4) is 6.07 Å². The first-order valence-corrected chi connectivity index (χ1v) is 7.33. The van der Waals surface area contributed by atoms with Crippen LogP contribution in [0.3, 0.4) is 0 Å². The van der Waals surface area contributed by atoms with Crippen LogP contribution < -0.4 is 0 Å². The van der Waals surface area contributed by atoms with E-state index in [0.717, 1.165) is 21.3 Å². The van der Waals surface area contributed by atoms with Gasteiger partial charge in [-0.1, -0.05) is 58.4 Å². The Morgan fingerprint density at radius 3 is 2.33 bits per heavy atom. The van der Waals surface area contributed by atoms with E-state index in [9.17, 15) is 0 Å². The molecule has 1 aliphatic rings. The molecule has 1 aliphatic heterocycles. The Hall–Kier alpha value is -2.25. The molecule has 0 bridgehead atoms. The summed E-state index contributed by atoms with van der Waals surface area (Å²) in [5.41, 5.74) is 2.98. The van der Waals surface area contributed by atoms with E-state index in [0.29, 0.717) is 5.56 Å². The number of benzene rings is 2. The van der Waals surface area contributed by atoms with Gasteiger partial charge in [0.1, 0.15) is 11.2 Å². The van der Waals surface area contributed by atoms with Gasteiger partial charge in [-0.25, -0.2) is 0 Å². The molecule has 0 amide bonds. The van der Waals surface area contributed by atoms with Crippen LogP contribution >= 0.6 is 15.9 Å². The first kappa shape index (κ1) is 13.7. The van der Waals surface area contributed by atoms with Gasteiger partial charge in [-0.15, -0.1) is 0 Å². The summed E-state index contributed by atoms with van der Waals surface area (Å²) in [6.45, 7) is 2.01. The lowest BCUT2D eigenvalue weighted by molar-refractivity contribution is 0.614. The molecule has 0 N–H and O–H groups in total.